The van der Waals surface area contributed by atoms with E-state index in [2.05, 4.69) is 52.1 Å². The zero-order chi connectivity index (χ0) is 21.5. The van der Waals surface area contributed by atoms with Crippen LogP contribution in [-0.4, -0.2) is 36.7 Å². The third-order valence-corrected chi connectivity index (χ3v) is 4.92. The van der Waals surface area contributed by atoms with Gasteiger partial charge in [0.05, 0.1) is 7.11 Å². The van der Waals surface area contributed by atoms with Crippen LogP contribution in [0.1, 0.15) is 79.6 Å². The molecule has 164 valence electrons. The Hall–Kier alpha value is -1.36. The first-order chi connectivity index (χ1) is 13.3. The SMILES string of the molecule is CCCCC[C@H](NC(=O)[C@H](CC(C)C)[C@@H](/C=C/C(C)C)CCCO)C(=O)OC. The molecule has 5 heteroatoms. The third kappa shape index (κ3) is 11.5. The first-order valence-electron chi connectivity index (χ1n) is 10.9. The van der Waals surface area contributed by atoms with E-state index >= 15 is 0 Å². The van der Waals surface area contributed by atoms with Gasteiger partial charge in [0.2, 0.25) is 5.91 Å². The molecule has 0 heterocycles. The second-order valence-electron chi connectivity index (χ2n) is 8.47. The fourth-order valence-corrected chi connectivity index (χ4v) is 3.38. The normalized spacial score (nSPS) is 15.0. The van der Waals surface area contributed by atoms with Crippen molar-refractivity contribution in [2.45, 2.75) is 85.6 Å². The van der Waals surface area contributed by atoms with Gasteiger partial charge in [-0.15, -0.1) is 0 Å². The maximum absolute atomic E-state index is 13.2. The molecule has 0 aromatic rings. The van der Waals surface area contributed by atoms with Gasteiger partial charge >= 0.3 is 5.97 Å². The Labute approximate surface area is 172 Å². The molecule has 1 amide bonds. The standard InChI is InChI=1S/C23H43NO4/c1-7-8-9-12-21(23(27)28-6)24-22(26)20(16-18(4)5)19(11-10-15-25)14-13-17(2)3/h13-14,17-21,25H,7-12,15-16H2,1-6H3,(H,24,26)/b14-13+/t19-,20-,21+/m1/s1. The maximum Gasteiger partial charge on any atom is 0.328 e. The summed E-state index contributed by atoms with van der Waals surface area (Å²) in [5.41, 5.74) is 0. The smallest absolute Gasteiger partial charge is 0.328 e. The molecule has 0 rings (SSSR count). The molecule has 3 atom stereocenters. The van der Waals surface area contributed by atoms with E-state index in [1.165, 1.54) is 7.11 Å². The second kappa shape index (κ2) is 15.5. The molecule has 0 bridgehead atoms. The van der Waals surface area contributed by atoms with Crippen molar-refractivity contribution < 1.29 is 19.4 Å². The number of methoxy groups -OCH3 is 1. The predicted octanol–water partition coefficient (Wildman–Crippen LogP) is 4.49. The van der Waals surface area contributed by atoms with Crippen LogP contribution in [0.2, 0.25) is 0 Å². The van der Waals surface area contributed by atoms with Crippen molar-refractivity contribution in [2.75, 3.05) is 13.7 Å². The van der Waals surface area contributed by atoms with Crippen molar-refractivity contribution in [1.82, 2.24) is 5.32 Å². The van der Waals surface area contributed by atoms with Crippen molar-refractivity contribution >= 4 is 11.9 Å². The molecule has 0 aliphatic heterocycles. The van der Waals surface area contributed by atoms with Crippen molar-refractivity contribution in [3.05, 3.63) is 12.2 Å². The number of aliphatic hydroxyl groups is 1. The lowest BCUT2D eigenvalue weighted by Crippen LogP contribution is -2.46. The first-order valence-corrected chi connectivity index (χ1v) is 10.9. The highest BCUT2D eigenvalue weighted by Gasteiger charge is 2.30. The van der Waals surface area contributed by atoms with Crippen LogP contribution < -0.4 is 5.32 Å². The highest BCUT2D eigenvalue weighted by atomic mass is 16.5. The summed E-state index contributed by atoms with van der Waals surface area (Å²) in [7, 11) is 1.36. The topological polar surface area (TPSA) is 75.6 Å². The van der Waals surface area contributed by atoms with Crippen molar-refractivity contribution in [1.29, 1.82) is 0 Å². The van der Waals surface area contributed by atoms with Crippen LogP contribution in [0.15, 0.2) is 12.2 Å². The van der Waals surface area contributed by atoms with Gasteiger partial charge in [0.15, 0.2) is 0 Å². The first kappa shape index (κ1) is 26.6. The zero-order valence-electron chi connectivity index (χ0n) is 18.9. The van der Waals surface area contributed by atoms with Gasteiger partial charge in [-0.1, -0.05) is 66.0 Å². The van der Waals surface area contributed by atoms with E-state index in [-0.39, 0.29) is 30.3 Å². The Balaban J connectivity index is 5.42. The van der Waals surface area contributed by atoms with Gasteiger partial charge in [0.25, 0.3) is 0 Å². The van der Waals surface area contributed by atoms with Crippen molar-refractivity contribution in [3.8, 4) is 0 Å². The quantitative estimate of drug-likeness (QED) is 0.243. The van der Waals surface area contributed by atoms with Crippen LogP contribution in [0, 0.1) is 23.7 Å². The molecule has 0 aliphatic rings. The lowest BCUT2D eigenvalue weighted by Gasteiger charge is -2.28. The molecular weight excluding hydrogens is 354 g/mol. The number of hydrogen-bond donors (Lipinski definition) is 2. The lowest BCUT2D eigenvalue weighted by molar-refractivity contribution is -0.146. The van der Waals surface area contributed by atoms with E-state index in [9.17, 15) is 14.7 Å². The van der Waals surface area contributed by atoms with Gasteiger partial charge in [-0.05, 0) is 43.4 Å². The largest absolute Gasteiger partial charge is 0.467 e. The number of esters is 1. The molecule has 5 nitrogen and oxygen atoms in total. The van der Waals surface area contributed by atoms with Gasteiger partial charge in [-0.2, -0.15) is 0 Å². The molecule has 0 aromatic heterocycles. The molecular formula is C23H43NO4. The van der Waals surface area contributed by atoms with Crippen molar-refractivity contribution in [3.63, 3.8) is 0 Å². The van der Waals surface area contributed by atoms with Crippen LogP contribution in [0.5, 0.6) is 0 Å². The Kier molecular flexibility index (Phi) is 14.8. The average Bonchev–Trinajstić information content (AvgIpc) is 2.64. The van der Waals surface area contributed by atoms with E-state index in [0.29, 0.717) is 24.7 Å². The number of carbonyl (C=O) groups is 2. The molecule has 0 aromatic carbocycles. The summed E-state index contributed by atoms with van der Waals surface area (Å²) >= 11 is 0. The number of ether oxygens (including phenoxy) is 1. The van der Waals surface area contributed by atoms with Crippen LogP contribution in [0.4, 0.5) is 0 Å². The maximum atomic E-state index is 13.2. The summed E-state index contributed by atoms with van der Waals surface area (Å²) in [5.74, 6) is 0.118. The van der Waals surface area contributed by atoms with Crippen LogP contribution in [-0.2, 0) is 14.3 Å². The predicted molar refractivity (Wildman–Crippen MR) is 115 cm³/mol. The molecule has 0 fully saturated rings. The van der Waals surface area contributed by atoms with Gasteiger partial charge in [-0.3, -0.25) is 4.79 Å². The van der Waals surface area contributed by atoms with Gasteiger partial charge < -0.3 is 15.2 Å². The van der Waals surface area contributed by atoms with Gasteiger partial charge in [0.1, 0.15) is 6.04 Å². The van der Waals surface area contributed by atoms with E-state index in [1.807, 2.05) is 0 Å². The monoisotopic (exact) mass is 397 g/mol. The number of hydrogen-bond acceptors (Lipinski definition) is 4. The summed E-state index contributed by atoms with van der Waals surface area (Å²) in [6.07, 6.45) is 9.97. The summed E-state index contributed by atoms with van der Waals surface area (Å²) in [5, 5.41) is 12.2. The summed E-state index contributed by atoms with van der Waals surface area (Å²) < 4.78 is 4.91. The summed E-state index contributed by atoms with van der Waals surface area (Å²) in [6, 6.07) is -0.591. The number of carbonyl (C=O) groups excluding carboxylic acids is 2. The Morgan fingerprint density at radius 2 is 1.71 bits per heavy atom. The number of allylic oxidation sites excluding steroid dienone is 2. The Bertz CT molecular complexity index is 460. The van der Waals surface area contributed by atoms with E-state index in [4.69, 9.17) is 4.74 Å². The van der Waals surface area contributed by atoms with E-state index in [0.717, 1.165) is 32.1 Å². The minimum atomic E-state index is -0.591. The Morgan fingerprint density at radius 1 is 1.04 bits per heavy atom. The fourth-order valence-electron chi connectivity index (χ4n) is 3.38. The molecule has 28 heavy (non-hydrogen) atoms. The van der Waals surface area contributed by atoms with Gasteiger partial charge in [-0.25, -0.2) is 4.79 Å². The van der Waals surface area contributed by atoms with Crippen LogP contribution in [0.25, 0.3) is 0 Å². The van der Waals surface area contributed by atoms with Gasteiger partial charge in [0, 0.05) is 12.5 Å². The van der Waals surface area contributed by atoms with Crippen molar-refractivity contribution in [2.24, 2.45) is 23.7 Å². The number of aliphatic hydroxyl groups excluding tert-OH is 1. The van der Waals surface area contributed by atoms with E-state index in [1.54, 1.807) is 0 Å². The van der Waals surface area contributed by atoms with Crippen LogP contribution in [0.3, 0.4) is 0 Å². The number of rotatable bonds is 15. The minimum absolute atomic E-state index is 0.0471. The molecule has 0 radical (unpaired) electrons. The van der Waals surface area contributed by atoms with Crippen LogP contribution >= 0.6 is 0 Å². The zero-order valence-corrected chi connectivity index (χ0v) is 18.9. The second-order valence-corrected chi connectivity index (χ2v) is 8.47. The molecule has 0 unspecified atom stereocenters. The lowest BCUT2D eigenvalue weighted by atomic mass is 9.81. The minimum Gasteiger partial charge on any atom is -0.467 e. The molecule has 0 saturated carbocycles. The number of unbranched alkanes of at least 4 members (excludes halogenated alkanes) is 2. The molecule has 0 spiro atoms. The summed E-state index contributed by atoms with van der Waals surface area (Å²) in [4.78, 5) is 25.3. The third-order valence-electron chi connectivity index (χ3n) is 4.92. The highest BCUT2D eigenvalue weighted by molar-refractivity contribution is 5.86. The van der Waals surface area contributed by atoms with E-state index < -0.39 is 6.04 Å². The molecule has 0 saturated heterocycles. The fraction of sp³-hybridized carbons (Fsp3) is 0.826. The average molecular weight is 398 g/mol. The number of amides is 1. The molecule has 2 N–H and O–H groups in total. The number of nitrogens with one attached hydrogen (secondary N) is 1. The highest BCUT2D eigenvalue weighted by Crippen LogP contribution is 2.27. The Morgan fingerprint density at radius 3 is 2.21 bits per heavy atom. The molecule has 0 aliphatic carbocycles. The summed E-state index contributed by atoms with van der Waals surface area (Å²) in [6.45, 7) is 10.7.